The first-order valence-corrected chi connectivity index (χ1v) is 6.90. The molecule has 21 heavy (non-hydrogen) atoms. The Morgan fingerprint density at radius 3 is 2.57 bits per heavy atom. The van der Waals surface area contributed by atoms with E-state index in [9.17, 15) is 8.78 Å². The van der Waals surface area contributed by atoms with Gasteiger partial charge in [0.25, 0.3) is 0 Å². The minimum absolute atomic E-state index is 0.345. The number of halogens is 2. The molecular weight excluding hydrogens is 272 g/mol. The van der Waals surface area contributed by atoms with E-state index in [1.54, 1.807) is 13.1 Å². The van der Waals surface area contributed by atoms with Crippen LogP contribution >= 0.6 is 0 Å². The van der Waals surface area contributed by atoms with Crippen LogP contribution in [0.2, 0.25) is 0 Å². The molecule has 0 aliphatic carbocycles. The number of aryl methyl sites for hydroxylation is 2. The third-order valence-corrected chi connectivity index (χ3v) is 3.56. The summed E-state index contributed by atoms with van der Waals surface area (Å²) < 4.78 is 27.3. The molecule has 0 aliphatic rings. The first kappa shape index (κ1) is 15.5. The second-order valence-electron chi connectivity index (χ2n) is 5.06. The Bertz CT molecular complexity index is 612. The highest BCUT2D eigenvalue weighted by atomic mass is 19.1. The predicted octanol–water partition coefficient (Wildman–Crippen LogP) is 2.98. The van der Waals surface area contributed by atoms with Crippen molar-refractivity contribution < 1.29 is 8.78 Å². The smallest absolute Gasteiger partial charge is 0.130 e. The average Bonchev–Trinajstić information content (AvgIpc) is 2.49. The fourth-order valence-electron chi connectivity index (χ4n) is 2.20. The van der Waals surface area contributed by atoms with Crippen LogP contribution in [-0.4, -0.2) is 4.98 Å². The highest BCUT2D eigenvalue weighted by Crippen LogP contribution is 2.23. The van der Waals surface area contributed by atoms with Crippen molar-refractivity contribution in [2.45, 2.75) is 32.7 Å². The molecule has 0 saturated heterocycles. The minimum Gasteiger partial charge on any atom is -0.271 e. The number of nitrogens with one attached hydrogen (secondary N) is 1. The molecule has 1 atom stereocenters. The maximum absolute atomic E-state index is 13.9. The SMILES string of the molecule is CCc1ccc(CC(NN)c2cc(C)c(F)cc2F)nc1. The summed E-state index contributed by atoms with van der Waals surface area (Å²) >= 11 is 0. The fraction of sp³-hybridized carbons (Fsp3) is 0.312. The van der Waals surface area contributed by atoms with Gasteiger partial charge in [0, 0.05) is 29.9 Å². The number of hydrogen-bond donors (Lipinski definition) is 2. The quantitative estimate of drug-likeness (QED) is 0.658. The second-order valence-corrected chi connectivity index (χ2v) is 5.06. The van der Waals surface area contributed by atoms with E-state index < -0.39 is 17.7 Å². The van der Waals surface area contributed by atoms with E-state index in [1.807, 2.05) is 12.1 Å². The zero-order valence-electron chi connectivity index (χ0n) is 12.2. The Kier molecular flexibility index (Phi) is 4.98. The van der Waals surface area contributed by atoms with Crippen molar-refractivity contribution in [1.82, 2.24) is 10.4 Å². The number of benzene rings is 1. The van der Waals surface area contributed by atoms with Gasteiger partial charge < -0.3 is 0 Å². The first-order chi connectivity index (χ1) is 10.0. The van der Waals surface area contributed by atoms with Gasteiger partial charge >= 0.3 is 0 Å². The van der Waals surface area contributed by atoms with Crippen molar-refractivity contribution in [3.05, 3.63) is 64.5 Å². The molecule has 0 bridgehead atoms. The number of pyridine rings is 1. The summed E-state index contributed by atoms with van der Waals surface area (Å²) in [6.07, 6.45) is 3.15. The Balaban J connectivity index is 2.25. The summed E-state index contributed by atoms with van der Waals surface area (Å²) in [6, 6.07) is 5.81. The maximum Gasteiger partial charge on any atom is 0.130 e. The maximum atomic E-state index is 13.9. The topological polar surface area (TPSA) is 50.9 Å². The molecule has 2 rings (SSSR count). The largest absolute Gasteiger partial charge is 0.271 e. The van der Waals surface area contributed by atoms with Crippen molar-refractivity contribution >= 4 is 0 Å². The predicted molar refractivity (Wildman–Crippen MR) is 78.5 cm³/mol. The number of nitrogens with zero attached hydrogens (tertiary/aromatic N) is 1. The van der Waals surface area contributed by atoms with Crippen molar-refractivity contribution in [2.24, 2.45) is 5.84 Å². The molecule has 0 amide bonds. The van der Waals surface area contributed by atoms with Crippen LogP contribution in [-0.2, 0) is 12.8 Å². The number of aromatic nitrogens is 1. The molecule has 2 aromatic rings. The number of nitrogens with two attached hydrogens (primary N) is 1. The van der Waals surface area contributed by atoms with Crippen molar-refractivity contribution in [1.29, 1.82) is 0 Å². The molecule has 0 aliphatic heterocycles. The number of hydrazine groups is 1. The average molecular weight is 291 g/mol. The van der Waals surface area contributed by atoms with Gasteiger partial charge in [0.15, 0.2) is 0 Å². The van der Waals surface area contributed by atoms with Crippen LogP contribution in [0.15, 0.2) is 30.5 Å². The van der Waals surface area contributed by atoms with Crippen LogP contribution in [0.5, 0.6) is 0 Å². The Hall–Kier alpha value is -1.85. The third-order valence-electron chi connectivity index (χ3n) is 3.56. The standard InChI is InChI=1S/C16H19F2N3/c1-3-11-4-5-12(20-9-11)7-16(21-19)13-6-10(2)14(17)8-15(13)18/h4-6,8-9,16,21H,3,7,19H2,1-2H3. The molecule has 3 nitrogen and oxygen atoms in total. The summed E-state index contributed by atoms with van der Waals surface area (Å²) in [5, 5.41) is 0. The Labute approximate surface area is 123 Å². The molecule has 0 saturated carbocycles. The molecule has 0 fully saturated rings. The van der Waals surface area contributed by atoms with E-state index >= 15 is 0 Å². The zero-order chi connectivity index (χ0) is 15.4. The lowest BCUT2D eigenvalue weighted by Gasteiger charge is -2.17. The van der Waals surface area contributed by atoms with Crippen molar-refractivity contribution in [3.8, 4) is 0 Å². The van der Waals surface area contributed by atoms with E-state index in [-0.39, 0.29) is 0 Å². The van der Waals surface area contributed by atoms with E-state index in [0.717, 1.165) is 23.7 Å². The van der Waals surface area contributed by atoms with E-state index in [1.165, 1.54) is 6.07 Å². The highest BCUT2D eigenvalue weighted by molar-refractivity contribution is 5.29. The van der Waals surface area contributed by atoms with E-state index in [4.69, 9.17) is 5.84 Å². The molecule has 1 aromatic heterocycles. The van der Waals surface area contributed by atoms with Crippen LogP contribution < -0.4 is 11.3 Å². The third kappa shape index (κ3) is 3.62. The lowest BCUT2D eigenvalue weighted by atomic mass is 9.99. The highest BCUT2D eigenvalue weighted by Gasteiger charge is 2.17. The van der Waals surface area contributed by atoms with Gasteiger partial charge in [-0.3, -0.25) is 16.3 Å². The Morgan fingerprint density at radius 1 is 1.24 bits per heavy atom. The second kappa shape index (κ2) is 6.74. The number of rotatable bonds is 5. The van der Waals surface area contributed by atoms with Crippen LogP contribution in [0.4, 0.5) is 8.78 Å². The molecule has 0 radical (unpaired) electrons. The van der Waals surface area contributed by atoms with Gasteiger partial charge in [0.1, 0.15) is 11.6 Å². The zero-order valence-corrected chi connectivity index (χ0v) is 12.2. The lowest BCUT2D eigenvalue weighted by molar-refractivity contribution is 0.497. The fourth-order valence-corrected chi connectivity index (χ4v) is 2.20. The van der Waals surface area contributed by atoms with E-state index in [2.05, 4.69) is 17.3 Å². The summed E-state index contributed by atoms with van der Waals surface area (Å²) in [7, 11) is 0. The minimum atomic E-state index is -0.605. The van der Waals surface area contributed by atoms with Gasteiger partial charge in [0.05, 0.1) is 6.04 Å². The van der Waals surface area contributed by atoms with Gasteiger partial charge in [-0.05, 0) is 36.6 Å². The molecule has 1 unspecified atom stereocenters. The molecular formula is C16H19F2N3. The summed E-state index contributed by atoms with van der Waals surface area (Å²) in [6.45, 7) is 3.65. The van der Waals surface area contributed by atoms with Gasteiger partial charge in [-0.2, -0.15) is 0 Å². The Morgan fingerprint density at radius 2 is 2.00 bits per heavy atom. The van der Waals surface area contributed by atoms with Crippen molar-refractivity contribution in [3.63, 3.8) is 0 Å². The lowest BCUT2D eigenvalue weighted by Crippen LogP contribution is -2.30. The molecule has 3 N–H and O–H groups in total. The molecule has 1 aromatic carbocycles. The molecule has 1 heterocycles. The summed E-state index contributed by atoms with van der Waals surface area (Å²) in [5.74, 6) is 4.36. The van der Waals surface area contributed by atoms with E-state index in [0.29, 0.717) is 17.5 Å². The van der Waals surface area contributed by atoms with Gasteiger partial charge in [-0.1, -0.05) is 13.0 Å². The molecule has 5 heteroatoms. The molecule has 0 spiro atoms. The summed E-state index contributed by atoms with van der Waals surface area (Å²) in [5.41, 5.74) is 5.26. The van der Waals surface area contributed by atoms with Crippen LogP contribution in [0.25, 0.3) is 0 Å². The normalized spacial score (nSPS) is 12.4. The van der Waals surface area contributed by atoms with Crippen LogP contribution in [0.1, 0.15) is 35.3 Å². The van der Waals surface area contributed by atoms with Gasteiger partial charge in [0.2, 0.25) is 0 Å². The van der Waals surface area contributed by atoms with Crippen LogP contribution in [0, 0.1) is 18.6 Å². The van der Waals surface area contributed by atoms with Gasteiger partial charge in [-0.15, -0.1) is 0 Å². The first-order valence-electron chi connectivity index (χ1n) is 6.90. The van der Waals surface area contributed by atoms with Crippen LogP contribution in [0.3, 0.4) is 0 Å². The van der Waals surface area contributed by atoms with Gasteiger partial charge in [-0.25, -0.2) is 8.78 Å². The molecule has 112 valence electrons. The number of hydrogen-bond acceptors (Lipinski definition) is 3. The summed E-state index contributed by atoms with van der Waals surface area (Å²) in [4.78, 5) is 4.34. The monoisotopic (exact) mass is 291 g/mol. The van der Waals surface area contributed by atoms with Crippen molar-refractivity contribution in [2.75, 3.05) is 0 Å².